The molecular weight excluding hydrogens is 298 g/mol. The molecule has 1 saturated carbocycles. The number of carboxylic acids is 1. The van der Waals surface area contributed by atoms with Crippen LogP contribution in [0.2, 0.25) is 5.22 Å². The number of imidazole rings is 1. The van der Waals surface area contributed by atoms with Gasteiger partial charge in [0.25, 0.3) is 5.91 Å². The van der Waals surface area contributed by atoms with Crippen LogP contribution in [0.15, 0.2) is 22.7 Å². The van der Waals surface area contributed by atoms with Gasteiger partial charge in [-0.05, 0) is 43.0 Å². The van der Waals surface area contributed by atoms with Gasteiger partial charge in [0, 0.05) is 0 Å². The van der Waals surface area contributed by atoms with Crippen LogP contribution in [0.3, 0.4) is 0 Å². The first-order valence-corrected chi connectivity index (χ1v) is 6.75. The van der Waals surface area contributed by atoms with E-state index in [1.807, 2.05) is 0 Å². The zero-order valence-electron chi connectivity index (χ0n) is 10.9. The van der Waals surface area contributed by atoms with Crippen molar-refractivity contribution in [3.63, 3.8) is 0 Å². The van der Waals surface area contributed by atoms with Crippen LogP contribution in [0.4, 0.5) is 0 Å². The van der Waals surface area contributed by atoms with E-state index in [2.05, 4.69) is 15.3 Å². The second-order valence-corrected chi connectivity index (χ2v) is 5.32. The maximum atomic E-state index is 12.2. The highest BCUT2D eigenvalue weighted by Crippen LogP contribution is 2.40. The second-order valence-electron chi connectivity index (χ2n) is 4.94. The average Bonchev–Trinajstić information content (AvgIpc) is 3.02. The number of nitrogens with one attached hydrogen (secondary N) is 2. The number of halogens is 1. The molecule has 0 radical (unpaired) electrons. The van der Waals surface area contributed by atoms with E-state index < -0.39 is 17.4 Å². The first kappa shape index (κ1) is 13.7. The smallest absolute Gasteiger partial charge is 0.353 e. The minimum atomic E-state index is -1.09. The Labute approximate surface area is 124 Å². The van der Waals surface area contributed by atoms with Crippen LogP contribution in [-0.2, 0) is 5.54 Å². The molecule has 21 heavy (non-hydrogen) atoms. The van der Waals surface area contributed by atoms with Crippen molar-refractivity contribution >= 4 is 23.5 Å². The Morgan fingerprint density at radius 2 is 2.19 bits per heavy atom. The Morgan fingerprint density at radius 3 is 2.67 bits per heavy atom. The summed E-state index contributed by atoms with van der Waals surface area (Å²) in [5, 5.41) is 11.9. The molecule has 2 heterocycles. The number of carbonyl (C=O) groups excluding carboxylic acids is 1. The number of H-pyrrole nitrogens is 1. The van der Waals surface area contributed by atoms with Gasteiger partial charge in [-0.15, -0.1) is 0 Å². The third-order valence-electron chi connectivity index (χ3n) is 3.62. The van der Waals surface area contributed by atoms with Crippen molar-refractivity contribution in [2.24, 2.45) is 0 Å². The Morgan fingerprint density at radius 1 is 1.43 bits per heavy atom. The third-order valence-corrected chi connectivity index (χ3v) is 3.82. The topological polar surface area (TPSA) is 108 Å². The van der Waals surface area contributed by atoms with Crippen molar-refractivity contribution in [3.05, 3.63) is 40.8 Å². The van der Waals surface area contributed by atoms with E-state index in [-0.39, 0.29) is 16.7 Å². The van der Waals surface area contributed by atoms with Crippen LogP contribution in [-0.4, -0.2) is 27.0 Å². The van der Waals surface area contributed by atoms with Crippen LogP contribution in [0.25, 0.3) is 0 Å². The number of rotatable bonds is 4. The van der Waals surface area contributed by atoms with Crippen molar-refractivity contribution in [1.82, 2.24) is 15.3 Å². The number of aromatic carboxylic acids is 1. The van der Waals surface area contributed by atoms with E-state index in [1.165, 1.54) is 18.3 Å². The number of carboxylic acid groups (broad SMARTS) is 1. The monoisotopic (exact) mass is 309 g/mol. The van der Waals surface area contributed by atoms with Crippen molar-refractivity contribution < 1.29 is 19.1 Å². The number of aromatic nitrogens is 2. The van der Waals surface area contributed by atoms with Gasteiger partial charge in [-0.1, -0.05) is 0 Å². The molecule has 0 atom stereocenters. The largest absolute Gasteiger partial charge is 0.477 e. The zero-order chi connectivity index (χ0) is 15.0. The molecule has 1 aliphatic rings. The molecule has 7 nitrogen and oxygen atoms in total. The van der Waals surface area contributed by atoms with Gasteiger partial charge < -0.3 is 19.8 Å². The van der Waals surface area contributed by atoms with Gasteiger partial charge in [0.05, 0.1) is 11.7 Å². The lowest BCUT2D eigenvalue weighted by atomic mass is 9.76. The highest BCUT2D eigenvalue weighted by molar-refractivity contribution is 6.29. The highest BCUT2D eigenvalue weighted by atomic mass is 35.5. The second kappa shape index (κ2) is 4.92. The van der Waals surface area contributed by atoms with Gasteiger partial charge in [-0.3, -0.25) is 4.79 Å². The number of aromatic amines is 1. The molecule has 0 aromatic carbocycles. The molecule has 0 spiro atoms. The fraction of sp³-hybridized carbons (Fsp3) is 0.308. The van der Waals surface area contributed by atoms with Gasteiger partial charge in [-0.25, -0.2) is 9.78 Å². The normalized spacial score (nSPS) is 16.2. The number of hydrogen-bond acceptors (Lipinski definition) is 4. The zero-order valence-corrected chi connectivity index (χ0v) is 11.6. The predicted octanol–water partition coefficient (Wildman–Crippen LogP) is 2.16. The van der Waals surface area contributed by atoms with Crippen LogP contribution in [0, 0.1) is 0 Å². The summed E-state index contributed by atoms with van der Waals surface area (Å²) in [6.07, 6.45) is 3.52. The minimum Gasteiger partial charge on any atom is -0.477 e. The summed E-state index contributed by atoms with van der Waals surface area (Å²) in [6, 6.07) is 2.97. The maximum absolute atomic E-state index is 12.2. The lowest BCUT2D eigenvalue weighted by Crippen LogP contribution is -2.51. The molecule has 0 saturated heterocycles. The average molecular weight is 310 g/mol. The van der Waals surface area contributed by atoms with Crippen molar-refractivity contribution in [2.45, 2.75) is 24.8 Å². The van der Waals surface area contributed by atoms with Crippen LogP contribution in [0.5, 0.6) is 0 Å². The van der Waals surface area contributed by atoms with Crippen molar-refractivity contribution in [1.29, 1.82) is 0 Å². The lowest BCUT2D eigenvalue weighted by Gasteiger charge is -2.40. The lowest BCUT2D eigenvalue weighted by molar-refractivity contribution is 0.0690. The number of furan rings is 1. The van der Waals surface area contributed by atoms with E-state index in [9.17, 15) is 9.59 Å². The summed E-state index contributed by atoms with van der Waals surface area (Å²) in [5.74, 6) is -0.948. The summed E-state index contributed by atoms with van der Waals surface area (Å²) >= 11 is 5.65. The number of nitrogens with zero attached hydrogens (tertiary/aromatic N) is 1. The summed E-state index contributed by atoms with van der Waals surface area (Å²) in [4.78, 5) is 29.9. The minimum absolute atomic E-state index is 0.00781. The molecule has 0 unspecified atom stereocenters. The molecule has 1 aliphatic carbocycles. The maximum Gasteiger partial charge on any atom is 0.353 e. The van der Waals surface area contributed by atoms with Gasteiger partial charge >= 0.3 is 5.97 Å². The van der Waals surface area contributed by atoms with Gasteiger partial charge in [-0.2, -0.15) is 0 Å². The van der Waals surface area contributed by atoms with Crippen molar-refractivity contribution in [3.8, 4) is 0 Å². The van der Waals surface area contributed by atoms with E-state index in [4.69, 9.17) is 21.1 Å². The SMILES string of the molecule is O=C(O)c1cnc(C2(NC(=O)c3ccc(Cl)o3)CCC2)[nH]1. The summed E-state index contributed by atoms with van der Waals surface area (Å²) in [5.41, 5.74) is -0.684. The van der Waals surface area contributed by atoms with E-state index in [0.717, 1.165) is 6.42 Å². The fourth-order valence-corrected chi connectivity index (χ4v) is 2.49. The standard InChI is InChI=1S/C13H12ClN3O4/c14-9-3-2-8(21-9)10(18)17-13(4-1-5-13)12-15-6-7(16-12)11(19)20/h2-3,6H,1,4-5H2,(H,15,16)(H,17,18)(H,19,20). The Bertz CT molecular complexity index is 702. The van der Waals surface area contributed by atoms with E-state index >= 15 is 0 Å². The Balaban J connectivity index is 1.83. The molecule has 3 rings (SSSR count). The predicted molar refractivity (Wildman–Crippen MR) is 72.3 cm³/mol. The molecule has 2 aromatic heterocycles. The molecule has 3 N–H and O–H groups in total. The first-order valence-electron chi connectivity index (χ1n) is 6.37. The molecular formula is C13H12ClN3O4. The van der Waals surface area contributed by atoms with Crippen LogP contribution >= 0.6 is 11.6 Å². The van der Waals surface area contributed by atoms with Crippen LogP contribution in [0.1, 0.15) is 46.1 Å². The third kappa shape index (κ3) is 2.40. The first-order chi connectivity index (χ1) is 10.00. The van der Waals surface area contributed by atoms with E-state index in [1.54, 1.807) is 0 Å². The molecule has 0 bridgehead atoms. The van der Waals surface area contributed by atoms with Gasteiger partial charge in [0.2, 0.25) is 0 Å². The fourth-order valence-electron chi connectivity index (χ4n) is 2.34. The summed E-state index contributed by atoms with van der Waals surface area (Å²) in [6.45, 7) is 0. The molecule has 1 amide bonds. The van der Waals surface area contributed by atoms with Crippen molar-refractivity contribution in [2.75, 3.05) is 0 Å². The summed E-state index contributed by atoms with van der Waals surface area (Å²) in [7, 11) is 0. The Hall–Kier alpha value is -2.28. The number of amides is 1. The van der Waals surface area contributed by atoms with Gasteiger partial charge in [0.1, 0.15) is 11.5 Å². The number of hydrogen-bond donors (Lipinski definition) is 3. The molecule has 8 heteroatoms. The quantitative estimate of drug-likeness (QED) is 0.802. The van der Waals surface area contributed by atoms with E-state index in [0.29, 0.717) is 18.7 Å². The molecule has 0 aliphatic heterocycles. The molecule has 110 valence electrons. The summed E-state index contributed by atoms with van der Waals surface area (Å²) < 4.78 is 5.07. The van der Waals surface area contributed by atoms with Crippen LogP contribution < -0.4 is 5.32 Å². The molecule has 2 aromatic rings. The number of carbonyl (C=O) groups is 2. The Kier molecular flexibility index (Phi) is 3.21. The highest BCUT2D eigenvalue weighted by Gasteiger charge is 2.43. The molecule has 1 fully saturated rings. The van der Waals surface area contributed by atoms with Gasteiger partial charge in [0.15, 0.2) is 11.0 Å².